The standard InChI is InChI=1S/C7H14F2N2/c1-11(6-7(8)9)5-3-2-4-10/h2-3,7H,4-6,10H2,1H3/b3-2+. The molecule has 0 atom stereocenters. The molecule has 0 amide bonds. The number of nitrogens with zero attached hydrogens (tertiary/aromatic N) is 1. The Hall–Kier alpha value is -0.480. The highest BCUT2D eigenvalue weighted by atomic mass is 19.3. The van der Waals surface area contributed by atoms with E-state index in [9.17, 15) is 8.78 Å². The van der Waals surface area contributed by atoms with E-state index >= 15 is 0 Å². The molecule has 0 bridgehead atoms. The second-order valence-corrected chi connectivity index (χ2v) is 2.32. The Morgan fingerprint density at radius 1 is 1.45 bits per heavy atom. The van der Waals surface area contributed by atoms with Gasteiger partial charge in [0.15, 0.2) is 0 Å². The molecule has 0 unspecified atom stereocenters. The lowest BCUT2D eigenvalue weighted by Gasteiger charge is -2.12. The third-order valence-corrected chi connectivity index (χ3v) is 1.17. The minimum Gasteiger partial charge on any atom is -0.327 e. The minimum atomic E-state index is -2.26. The van der Waals surface area contributed by atoms with E-state index in [4.69, 9.17) is 5.73 Å². The molecule has 0 aliphatic carbocycles. The minimum absolute atomic E-state index is 0.186. The number of nitrogens with two attached hydrogens (primary N) is 1. The van der Waals surface area contributed by atoms with Gasteiger partial charge in [-0.3, -0.25) is 4.90 Å². The number of likely N-dealkylation sites (N-methyl/N-ethyl adjacent to an activating group) is 1. The van der Waals surface area contributed by atoms with Gasteiger partial charge in [0.05, 0.1) is 6.54 Å². The van der Waals surface area contributed by atoms with Crippen LogP contribution in [0.1, 0.15) is 0 Å². The van der Waals surface area contributed by atoms with E-state index < -0.39 is 6.43 Å². The zero-order chi connectivity index (χ0) is 8.69. The van der Waals surface area contributed by atoms with Crippen LogP contribution in [-0.4, -0.2) is 38.0 Å². The van der Waals surface area contributed by atoms with Crippen LogP contribution in [0.3, 0.4) is 0 Å². The molecule has 0 rings (SSSR count). The smallest absolute Gasteiger partial charge is 0.251 e. The first-order valence-corrected chi connectivity index (χ1v) is 3.48. The summed E-state index contributed by atoms with van der Waals surface area (Å²) in [6, 6.07) is 0. The van der Waals surface area contributed by atoms with E-state index in [0.717, 1.165) is 0 Å². The van der Waals surface area contributed by atoms with Gasteiger partial charge in [0.2, 0.25) is 0 Å². The van der Waals surface area contributed by atoms with Gasteiger partial charge in [0.25, 0.3) is 6.43 Å². The molecule has 11 heavy (non-hydrogen) atoms. The summed E-state index contributed by atoms with van der Waals surface area (Å²) in [6.45, 7) is 0.805. The van der Waals surface area contributed by atoms with Gasteiger partial charge in [0, 0.05) is 13.1 Å². The SMILES string of the molecule is CN(C/C=C/CN)CC(F)F. The van der Waals surface area contributed by atoms with Crippen molar-refractivity contribution in [2.45, 2.75) is 6.43 Å². The highest BCUT2D eigenvalue weighted by molar-refractivity contribution is 4.84. The van der Waals surface area contributed by atoms with Gasteiger partial charge in [-0.05, 0) is 7.05 Å². The van der Waals surface area contributed by atoms with Gasteiger partial charge in [-0.1, -0.05) is 12.2 Å². The van der Waals surface area contributed by atoms with E-state index in [1.165, 1.54) is 4.90 Å². The van der Waals surface area contributed by atoms with E-state index in [0.29, 0.717) is 13.1 Å². The molecule has 66 valence electrons. The molecule has 0 aromatic carbocycles. The fourth-order valence-electron chi connectivity index (χ4n) is 0.661. The average molecular weight is 164 g/mol. The largest absolute Gasteiger partial charge is 0.327 e. The topological polar surface area (TPSA) is 29.3 Å². The van der Waals surface area contributed by atoms with Crippen molar-refractivity contribution in [3.8, 4) is 0 Å². The first kappa shape index (κ1) is 10.5. The summed E-state index contributed by atoms with van der Waals surface area (Å²) in [6.07, 6.45) is 1.27. The van der Waals surface area contributed by atoms with E-state index in [1.54, 1.807) is 19.2 Å². The van der Waals surface area contributed by atoms with Crippen LogP contribution in [0.15, 0.2) is 12.2 Å². The Labute approximate surface area is 65.7 Å². The van der Waals surface area contributed by atoms with Crippen LogP contribution >= 0.6 is 0 Å². The normalized spacial score (nSPS) is 12.2. The van der Waals surface area contributed by atoms with Crippen molar-refractivity contribution in [2.24, 2.45) is 5.73 Å². The lowest BCUT2D eigenvalue weighted by atomic mass is 10.4. The molecule has 2 N–H and O–H groups in total. The molecule has 0 aliphatic rings. The Bertz CT molecular complexity index is 115. The molecule has 0 aromatic rings. The van der Waals surface area contributed by atoms with Gasteiger partial charge in [-0.2, -0.15) is 0 Å². The van der Waals surface area contributed by atoms with Crippen LogP contribution in [-0.2, 0) is 0 Å². The van der Waals surface area contributed by atoms with Crippen LogP contribution in [0.5, 0.6) is 0 Å². The van der Waals surface area contributed by atoms with Gasteiger partial charge in [-0.25, -0.2) is 8.78 Å². The van der Waals surface area contributed by atoms with E-state index in [1.807, 2.05) is 0 Å². The fraction of sp³-hybridized carbons (Fsp3) is 0.714. The van der Waals surface area contributed by atoms with Crippen molar-refractivity contribution >= 4 is 0 Å². The maximum Gasteiger partial charge on any atom is 0.251 e. The highest BCUT2D eigenvalue weighted by Crippen LogP contribution is 1.94. The molecule has 0 saturated carbocycles. The highest BCUT2D eigenvalue weighted by Gasteiger charge is 2.04. The first-order chi connectivity index (χ1) is 5.16. The zero-order valence-corrected chi connectivity index (χ0v) is 6.63. The van der Waals surface area contributed by atoms with Crippen molar-refractivity contribution in [1.82, 2.24) is 4.90 Å². The Morgan fingerprint density at radius 2 is 2.09 bits per heavy atom. The molecule has 2 nitrogen and oxygen atoms in total. The quantitative estimate of drug-likeness (QED) is 0.606. The van der Waals surface area contributed by atoms with Gasteiger partial charge in [0.1, 0.15) is 0 Å². The molecule has 0 spiro atoms. The lowest BCUT2D eigenvalue weighted by Crippen LogP contribution is -2.24. The zero-order valence-electron chi connectivity index (χ0n) is 6.63. The lowest BCUT2D eigenvalue weighted by molar-refractivity contribution is 0.105. The summed E-state index contributed by atoms with van der Waals surface area (Å²) < 4.78 is 23.4. The van der Waals surface area contributed by atoms with Gasteiger partial charge in [-0.15, -0.1) is 0 Å². The summed E-state index contributed by atoms with van der Waals surface area (Å²) in [5, 5.41) is 0. The second-order valence-electron chi connectivity index (χ2n) is 2.32. The van der Waals surface area contributed by atoms with Crippen molar-refractivity contribution in [2.75, 3.05) is 26.7 Å². The van der Waals surface area contributed by atoms with Crippen LogP contribution < -0.4 is 5.73 Å². The predicted octanol–water partition coefficient (Wildman–Crippen LogP) is 0.698. The maximum atomic E-state index is 11.7. The molecule has 0 radical (unpaired) electrons. The summed E-state index contributed by atoms with van der Waals surface area (Å²) in [4.78, 5) is 1.54. The number of alkyl halides is 2. The van der Waals surface area contributed by atoms with Crippen molar-refractivity contribution in [3.05, 3.63) is 12.2 Å². The molecule has 0 saturated heterocycles. The Balaban J connectivity index is 3.36. The number of hydrogen-bond acceptors (Lipinski definition) is 2. The third-order valence-electron chi connectivity index (χ3n) is 1.17. The summed E-state index contributed by atoms with van der Waals surface area (Å²) in [5.74, 6) is 0. The molecule has 0 aromatic heterocycles. The molecular formula is C7H14F2N2. The van der Waals surface area contributed by atoms with Crippen molar-refractivity contribution in [1.29, 1.82) is 0 Å². The third kappa shape index (κ3) is 7.42. The number of hydrogen-bond donors (Lipinski definition) is 1. The van der Waals surface area contributed by atoms with Gasteiger partial charge < -0.3 is 5.73 Å². The number of rotatable bonds is 5. The first-order valence-electron chi connectivity index (χ1n) is 3.48. The fourth-order valence-corrected chi connectivity index (χ4v) is 0.661. The van der Waals surface area contributed by atoms with E-state index in [-0.39, 0.29) is 6.54 Å². The van der Waals surface area contributed by atoms with Crippen LogP contribution in [0.4, 0.5) is 8.78 Å². The molecule has 0 fully saturated rings. The molecular weight excluding hydrogens is 150 g/mol. The Kier molecular flexibility index (Phi) is 5.97. The van der Waals surface area contributed by atoms with Crippen molar-refractivity contribution < 1.29 is 8.78 Å². The van der Waals surface area contributed by atoms with Crippen molar-refractivity contribution in [3.63, 3.8) is 0 Å². The predicted molar refractivity (Wildman–Crippen MR) is 41.7 cm³/mol. The van der Waals surface area contributed by atoms with Crippen LogP contribution in [0.2, 0.25) is 0 Å². The summed E-state index contributed by atoms with van der Waals surface area (Å²) in [7, 11) is 1.65. The second kappa shape index (κ2) is 6.24. The van der Waals surface area contributed by atoms with Gasteiger partial charge >= 0.3 is 0 Å². The maximum absolute atomic E-state index is 11.7. The van der Waals surface area contributed by atoms with E-state index in [2.05, 4.69) is 0 Å². The Morgan fingerprint density at radius 3 is 2.55 bits per heavy atom. The van der Waals surface area contributed by atoms with Crippen LogP contribution in [0, 0.1) is 0 Å². The summed E-state index contributed by atoms with van der Waals surface area (Å²) >= 11 is 0. The monoisotopic (exact) mass is 164 g/mol. The molecule has 0 heterocycles. The summed E-state index contributed by atoms with van der Waals surface area (Å²) in [5.41, 5.74) is 5.16. The molecule has 4 heteroatoms. The average Bonchev–Trinajstić information content (AvgIpc) is 1.86. The van der Waals surface area contributed by atoms with Crippen LogP contribution in [0.25, 0.3) is 0 Å². The molecule has 0 aliphatic heterocycles. The number of halogens is 2.